The molecule has 5 nitrogen and oxygen atoms in total. The highest BCUT2D eigenvalue weighted by Gasteiger charge is 2.23. The summed E-state index contributed by atoms with van der Waals surface area (Å²) in [5, 5.41) is 2.88. The van der Waals surface area contributed by atoms with Crippen LogP contribution in [0, 0.1) is 12.3 Å². The molecule has 2 N–H and O–H groups in total. The predicted octanol–water partition coefficient (Wildman–Crippen LogP) is 1.95. The number of hydrogen-bond acceptors (Lipinski definition) is 3. The largest absolute Gasteiger partial charge is 0.358 e. The van der Waals surface area contributed by atoms with Crippen molar-refractivity contribution in [1.82, 2.24) is 10.3 Å². The summed E-state index contributed by atoms with van der Waals surface area (Å²) in [6.07, 6.45) is 2.29. The number of anilines is 1. The summed E-state index contributed by atoms with van der Waals surface area (Å²) >= 11 is 0. The molecule has 1 saturated heterocycles. The van der Waals surface area contributed by atoms with Crippen LogP contribution in [0.25, 0.3) is 0 Å². The molecular weight excluding hydrogens is 266 g/mol. The molecule has 0 spiro atoms. The monoisotopic (exact) mass is 291 g/mol. The van der Waals surface area contributed by atoms with Crippen molar-refractivity contribution in [3.05, 3.63) is 27.5 Å². The Kier molecular flexibility index (Phi) is 4.40. The van der Waals surface area contributed by atoms with Gasteiger partial charge in [0, 0.05) is 30.3 Å². The predicted molar refractivity (Wildman–Crippen MR) is 84.5 cm³/mol. The van der Waals surface area contributed by atoms with E-state index >= 15 is 0 Å². The Hall–Kier alpha value is -1.78. The molecule has 1 aliphatic rings. The number of hydrogen-bond donors (Lipinski definition) is 2. The molecule has 0 atom stereocenters. The summed E-state index contributed by atoms with van der Waals surface area (Å²) < 4.78 is 0. The van der Waals surface area contributed by atoms with Gasteiger partial charge in [-0.15, -0.1) is 0 Å². The summed E-state index contributed by atoms with van der Waals surface area (Å²) in [6, 6.07) is 1.60. The maximum atomic E-state index is 12.3. The SMILES string of the molecule is Cc1cc(=O)c(CNC(=O)C(C)(C)C)c(N2CCCC2)[nH]1. The zero-order valence-corrected chi connectivity index (χ0v) is 13.4. The van der Waals surface area contributed by atoms with Gasteiger partial charge in [-0.2, -0.15) is 0 Å². The normalized spacial score (nSPS) is 15.3. The quantitative estimate of drug-likeness (QED) is 0.894. The molecule has 1 fully saturated rings. The van der Waals surface area contributed by atoms with Crippen LogP contribution in [0.5, 0.6) is 0 Å². The Bertz CT molecular complexity index is 578. The number of aromatic amines is 1. The molecule has 0 saturated carbocycles. The van der Waals surface area contributed by atoms with Crippen LogP contribution in [0.4, 0.5) is 5.82 Å². The van der Waals surface area contributed by atoms with E-state index in [2.05, 4.69) is 15.2 Å². The third-order valence-corrected chi connectivity index (χ3v) is 3.78. The van der Waals surface area contributed by atoms with Gasteiger partial charge < -0.3 is 15.2 Å². The average Bonchev–Trinajstić information content (AvgIpc) is 2.89. The molecule has 2 heterocycles. The molecule has 0 radical (unpaired) electrons. The van der Waals surface area contributed by atoms with Crippen molar-refractivity contribution in [2.45, 2.75) is 47.1 Å². The maximum absolute atomic E-state index is 12.3. The third-order valence-electron chi connectivity index (χ3n) is 3.78. The zero-order valence-electron chi connectivity index (χ0n) is 13.4. The minimum Gasteiger partial charge on any atom is -0.358 e. The first-order valence-corrected chi connectivity index (χ1v) is 7.55. The fourth-order valence-electron chi connectivity index (χ4n) is 2.51. The lowest BCUT2D eigenvalue weighted by Crippen LogP contribution is -2.36. The van der Waals surface area contributed by atoms with Gasteiger partial charge in [-0.1, -0.05) is 20.8 Å². The van der Waals surface area contributed by atoms with Crippen molar-refractivity contribution >= 4 is 11.7 Å². The smallest absolute Gasteiger partial charge is 0.225 e. The molecule has 1 amide bonds. The highest BCUT2D eigenvalue weighted by molar-refractivity contribution is 5.81. The molecule has 0 aliphatic carbocycles. The Morgan fingerprint density at radius 2 is 1.95 bits per heavy atom. The minimum absolute atomic E-state index is 0.0117. The highest BCUT2D eigenvalue weighted by Crippen LogP contribution is 2.21. The lowest BCUT2D eigenvalue weighted by Gasteiger charge is -2.23. The first kappa shape index (κ1) is 15.6. The van der Waals surface area contributed by atoms with E-state index < -0.39 is 5.41 Å². The average molecular weight is 291 g/mol. The number of amides is 1. The minimum atomic E-state index is -0.453. The van der Waals surface area contributed by atoms with Crippen LogP contribution in [-0.2, 0) is 11.3 Å². The molecule has 0 unspecified atom stereocenters. The van der Waals surface area contributed by atoms with Crippen molar-refractivity contribution in [2.24, 2.45) is 5.41 Å². The second kappa shape index (κ2) is 5.92. The van der Waals surface area contributed by atoms with Crippen molar-refractivity contribution in [3.63, 3.8) is 0 Å². The first-order valence-electron chi connectivity index (χ1n) is 7.55. The van der Waals surface area contributed by atoms with Gasteiger partial charge in [-0.3, -0.25) is 9.59 Å². The molecule has 116 valence electrons. The number of nitrogens with zero attached hydrogens (tertiary/aromatic N) is 1. The molecule has 1 aliphatic heterocycles. The molecule has 0 bridgehead atoms. The van der Waals surface area contributed by atoms with Gasteiger partial charge >= 0.3 is 0 Å². The van der Waals surface area contributed by atoms with Gasteiger partial charge in [0.1, 0.15) is 5.82 Å². The number of pyridine rings is 1. The first-order chi connectivity index (χ1) is 9.79. The fraction of sp³-hybridized carbons (Fsp3) is 0.625. The third kappa shape index (κ3) is 3.65. The maximum Gasteiger partial charge on any atom is 0.225 e. The fourth-order valence-corrected chi connectivity index (χ4v) is 2.51. The van der Waals surface area contributed by atoms with Crippen LogP contribution in [0.3, 0.4) is 0 Å². The van der Waals surface area contributed by atoms with Gasteiger partial charge in [0.05, 0.1) is 12.1 Å². The second-order valence-corrected chi connectivity index (χ2v) is 6.77. The summed E-state index contributed by atoms with van der Waals surface area (Å²) in [4.78, 5) is 29.8. The molecule has 1 aromatic rings. The van der Waals surface area contributed by atoms with Gasteiger partial charge in [0.15, 0.2) is 5.43 Å². The van der Waals surface area contributed by atoms with E-state index in [-0.39, 0.29) is 17.9 Å². The number of nitrogens with one attached hydrogen (secondary N) is 2. The number of rotatable bonds is 3. The van der Waals surface area contributed by atoms with Crippen molar-refractivity contribution in [1.29, 1.82) is 0 Å². The van der Waals surface area contributed by atoms with Gasteiger partial charge in [0.25, 0.3) is 0 Å². The van der Waals surface area contributed by atoms with E-state index in [4.69, 9.17) is 0 Å². The van der Waals surface area contributed by atoms with Crippen molar-refractivity contribution < 1.29 is 4.79 Å². The summed E-state index contributed by atoms with van der Waals surface area (Å²) in [7, 11) is 0. The lowest BCUT2D eigenvalue weighted by molar-refractivity contribution is -0.128. The molecular formula is C16H25N3O2. The van der Waals surface area contributed by atoms with Gasteiger partial charge in [-0.05, 0) is 19.8 Å². The van der Waals surface area contributed by atoms with Crippen LogP contribution < -0.4 is 15.6 Å². The lowest BCUT2D eigenvalue weighted by atomic mass is 9.95. The summed E-state index contributed by atoms with van der Waals surface area (Å²) in [5.41, 5.74) is 1.04. The zero-order chi connectivity index (χ0) is 15.6. The van der Waals surface area contributed by atoms with Crippen LogP contribution in [-0.4, -0.2) is 24.0 Å². The Morgan fingerprint density at radius 1 is 1.33 bits per heavy atom. The standard InChI is InChI=1S/C16H25N3O2/c1-11-9-13(20)12(10-17-15(21)16(2,3)4)14(18-11)19-7-5-6-8-19/h9H,5-8,10H2,1-4H3,(H,17,21)(H,18,20). The Morgan fingerprint density at radius 3 is 2.52 bits per heavy atom. The van der Waals surface area contributed by atoms with Crippen LogP contribution in [0.1, 0.15) is 44.9 Å². The number of aryl methyl sites for hydroxylation is 1. The molecule has 21 heavy (non-hydrogen) atoms. The Balaban J connectivity index is 2.25. The molecule has 1 aromatic heterocycles. The number of carbonyl (C=O) groups excluding carboxylic acids is 1. The Labute approximate surface area is 125 Å². The number of H-pyrrole nitrogens is 1. The van der Waals surface area contributed by atoms with Crippen molar-refractivity contribution in [2.75, 3.05) is 18.0 Å². The van der Waals surface area contributed by atoms with E-state index in [1.54, 1.807) is 6.07 Å². The number of aromatic nitrogens is 1. The van der Waals surface area contributed by atoms with Crippen molar-refractivity contribution in [3.8, 4) is 0 Å². The van der Waals surface area contributed by atoms with Gasteiger partial charge in [-0.25, -0.2) is 0 Å². The van der Waals surface area contributed by atoms with E-state index in [0.29, 0.717) is 5.56 Å². The number of carbonyl (C=O) groups is 1. The second-order valence-electron chi connectivity index (χ2n) is 6.77. The van der Waals surface area contributed by atoms with E-state index in [9.17, 15) is 9.59 Å². The topological polar surface area (TPSA) is 65.2 Å². The van der Waals surface area contributed by atoms with Gasteiger partial charge in [0.2, 0.25) is 5.91 Å². The van der Waals surface area contributed by atoms with E-state index in [1.165, 1.54) is 0 Å². The van der Waals surface area contributed by atoms with Crippen LogP contribution >= 0.6 is 0 Å². The molecule has 2 rings (SSSR count). The van der Waals surface area contributed by atoms with E-state index in [1.807, 2.05) is 27.7 Å². The summed E-state index contributed by atoms with van der Waals surface area (Å²) in [5.74, 6) is 0.821. The molecule has 0 aromatic carbocycles. The van der Waals surface area contributed by atoms with E-state index in [0.717, 1.165) is 37.4 Å². The highest BCUT2D eigenvalue weighted by atomic mass is 16.2. The summed E-state index contributed by atoms with van der Waals surface area (Å²) in [6.45, 7) is 9.67. The molecule has 5 heteroatoms. The van der Waals surface area contributed by atoms with Crippen LogP contribution in [0.15, 0.2) is 10.9 Å². The van der Waals surface area contributed by atoms with Crippen LogP contribution in [0.2, 0.25) is 0 Å².